The summed E-state index contributed by atoms with van der Waals surface area (Å²) >= 11 is 5.98. The van der Waals surface area contributed by atoms with Gasteiger partial charge in [-0.25, -0.2) is 22.8 Å². The molecule has 152 valence electrons. The number of hydrogen-bond donors (Lipinski definition) is 3. The summed E-state index contributed by atoms with van der Waals surface area (Å²) < 4.78 is 40.9. The summed E-state index contributed by atoms with van der Waals surface area (Å²) in [6, 6.07) is 7.06. The first kappa shape index (κ1) is 20.7. The number of halogens is 2. The Balaban J connectivity index is 1.97. The molecule has 0 aliphatic carbocycles. The quantitative estimate of drug-likeness (QED) is 0.542. The van der Waals surface area contributed by atoms with E-state index < -0.39 is 21.7 Å². The topological polar surface area (TPSA) is 127 Å². The third-order valence-corrected chi connectivity index (χ3v) is 5.66. The van der Waals surface area contributed by atoms with E-state index in [0.29, 0.717) is 17.3 Å². The number of amides is 1. The monoisotopic (exact) mass is 437 g/mol. The summed E-state index contributed by atoms with van der Waals surface area (Å²) in [6.45, 7) is 1.68. The second-order valence-corrected chi connectivity index (χ2v) is 8.43. The number of nitrogens with zero attached hydrogens (tertiary/aromatic N) is 2. The Morgan fingerprint density at radius 1 is 1.24 bits per heavy atom. The van der Waals surface area contributed by atoms with E-state index in [0.717, 1.165) is 6.07 Å². The third kappa shape index (κ3) is 4.54. The fourth-order valence-corrected chi connectivity index (χ4v) is 4.06. The molecule has 4 N–H and O–H groups in total. The molecule has 3 aromatic rings. The predicted molar refractivity (Wildman–Crippen MR) is 111 cm³/mol. The number of anilines is 3. The minimum absolute atomic E-state index is 0.0420. The van der Waals surface area contributed by atoms with Crippen molar-refractivity contribution >= 4 is 55.6 Å². The van der Waals surface area contributed by atoms with Gasteiger partial charge >= 0.3 is 0 Å². The lowest BCUT2D eigenvalue weighted by Crippen LogP contribution is -2.18. The summed E-state index contributed by atoms with van der Waals surface area (Å²) in [6.07, 6.45) is 1.57. The van der Waals surface area contributed by atoms with Gasteiger partial charge < -0.3 is 11.1 Å². The lowest BCUT2D eigenvalue weighted by Gasteiger charge is -2.13. The van der Waals surface area contributed by atoms with E-state index in [2.05, 4.69) is 20.0 Å². The van der Waals surface area contributed by atoms with Gasteiger partial charge in [0.15, 0.2) is 5.82 Å². The number of fused-ring (bicyclic) bond motifs is 1. The number of sulfonamides is 1. The maximum absolute atomic E-state index is 14.8. The molecule has 1 amide bonds. The molecule has 0 bridgehead atoms. The number of nitrogens with two attached hydrogens (primary N) is 1. The first-order chi connectivity index (χ1) is 13.7. The number of carbonyl (C=O) groups is 1. The molecule has 11 heteroatoms. The van der Waals surface area contributed by atoms with E-state index in [1.807, 2.05) is 0 Å². The fourth-order valence-electron chi connectivity index (χ4n) is 2.72. The van der Waals surface area contributed by atoms with Crippen LogP contribution >= 0.6 is 11.6 Å². The second kappa shape index (κ2) is 8.18. The highest BCUT2D eigenvalue weighted by atomic mass is 35.5. The Bertz CT molecular complexity index is 1200. The first-order valence-corrected chi connectivity index (χ1v) is 10.5. The lowest BCUT2D eigenvalue weighted by molar-refractivity contribution is 0.102. The number of rotatable bonds is 6. The van der Waals surface area contributed by atoms with E-state index in [1.54, 1.807) is 19.1 Å². The van der Waals surface area contributed by atoms with Crippen molar-refractivity contribution in [1.82, 2.24) is 9.97 Å². The summed E-state index contributed by atoms with van der Waals surface area (Å²) in [5.74, 6) is -1.61. The molecule has 0 saturated carbocycles. The van der Waals surface area contributed by atoms with Crippen LogP contribution in [0.5, 0.6) is 0 Å². The molecular weight excluding hydrogens is 421 g/mol. The van der Waals surface area contributed by atoms with Crippen LogP contribution in [0.1, 0.15) is 23.7 Å². The molecule has 0 radical (unpaired) electrons. The van der Waals surface area contributed by atoms with E-state index in [9.17, 15) is 17.6 Å². The largest absolute Gasteiger partial charge is 0.383 e. The zero-order valence-corrected chi connectivity index (χ0v) is 16.8. The van der Waals surface area contributed by atoms with Crippen LogP contribution in [-0.4, -0.2) is 30.0 Å². The zero-order chi connectivity index (χ0) is 21.2. The van der Waals surface area contributed by atoms with Crippen LogP contribution in [0, 0.1) is 5.82 Å². The average molecular weight is 438 g/mol. The minimum Gasteiger partial charge on any atom is -0.383 e. The Morgan fingerprint density at radius 3 is 2.69 bits per heavy atom. The lowest BCUT2D eigenvalue weighted by atomic mass is 10.1. The van der Waals surface area contributed by atoms with Gasteiger partial charge in [0, 0.05) is 10.4 Å². The highest BCUT2D eigenvalue weighted by molar-refractivity contribution is 7.92. The summed E-state index contributed by atoms with van der Waals surface area (Å²) in [5.41, 5.74) is 5.60. The standard InChI is InChI=1S/C18H17ClFN5O3S/c1-2-6-29(27,28)25-14-8-10(19)7-13(15(14)20)24-18(26)12-5-3-4-11-16(12)22-9-23-17(11)21/h3-5,7-9,25H,2,6H2,1H3,(H,24,26)(H2,21,22,23). The van der Waals surface area contributed by atoms with Crippen molar-refractivity contribution in [3.05, 3.63) is 53.1 Å². The van der Waals surface area contributed by atoms with Crippen LogP contribution in [0.15, 0.2) is 36.7 Å². The molecule has 1 heterocycles. The number of nitrogen functional groups attached to an aromatic ring is 1. The molecule has 0 fully saturated rings. The number of nitrogens with one attached hydrogen (secondary N) is 2. The molecule has 0 aliphatic heterocycles. The fraction of sp³-hybridized carbons (Fsp3) is 0.167. The molecule has 2 aromatic carbocycles. The Labute approximate surface area is 171 Å². The van der Waals surface area contributed by atoms with Gasteiger partial charge in [0.1, 0.15) is 12.1 Å². The molecule has 0 unspecified atom stereocenters. The summed E-state index contributed by atoms with van der Waals surface area (Å²) in [5, 5.41) is 2.92. The van der Waals surface area contributed by atoms with Gasteiger partial charge in [-0.15, -0.1) is 0 Å². The van der Waals surface area contributed by atoms with Crippen LogP contribution in [0.25, 0.3) is 10.9 Å². The van der Waals surface area contributed by atoms with Crippen molar-refractivity contribution in [3.63, 3.8) is 0 Å². The number of hydrogen-bond acceptors (Lipinski definition) is 6. The highest BCUT2D eigenvalue weighted by Crippen LogP contribution is 2.29. The molecule has 0 spiro atoms. The second-order valence-electron chi connectivity index (χ2n) is 6.15. The highest BCUT2D eigenvalue weighted by Gasteiger charge is 2.19. The number of para-hydroxylation sites is 1. The Kier molecular flexibility index (Phi) is 5.85. The van der Waals surface area contributed by atoms with Crippen molar-refractivity contribution in [1.29, 1.82) is 0 Å². The summed E-state index contributed by atoms with van der Waals surface area (Å²) in [7, 11) is -3.75. The Hall–Kier alpha value is -2.98. The van der Waals surface area contributed by atoms with Crippen LogP contribution in [0.4, 0.5) is 21.6 Å². The summed E-state index contributed by atoms with van der Waals surface area (Å²) in [4.78, 5) is 20.7. The van der Waals surface area contributed by atoms with E-state index >= 15 is 0 Å². The average Bonchev–Trinajstić information content (AvgIpc) is 2.65. The van der Waals surface area contributed by atoms with Crippen molar-refractivity contribution in [2.45, 2.75) is 13.3 Å². The van der Waals surface area contributed by atoms with Gasteiger partial charge in [0.2, 0.25) is 10.0 Å². The van der Waals surface area contributed by atoms with Crippen LogP contribution in [0.3, 0.4) is 0 Å². The molecule has 3 rings (SSSR count). The molecule has 0 aliphatic rings. The van der Waals surface area contributed by atoms with Crippen molar-refractivity contribution in [2.24, 2.45) is 0 Å². The van der Waals surface area contributed by atoms with Crippen molar-refractivity contribution in [3.8, 4) is 0 Å². The van der Waals surface area contributed by atoms with E-state index in [1.165, 1.54) is 18.5 Å². The molecule has 29 heavy (non-hydrogen) atoms. The van der Waals surface area contributed by atoms with Gasteiger partial charge in [-0.1, -0.05) is 24.6 Å². The number of carbonyl (C=O) groups excluding carboxylic acids is 1. The number of aromatic nitrogens is 2. The SMILES string of the molecule is CCCS(=O)(=O)Nc1cc(Cl)cc(NC(=O)c2cccc3c(N)ncnc23)c1F. The van der Waals surface area contributed by atoms with Gasteiger partial charge in [0.05, 0.1) is 28.2 Å². The molecule has 1 aromatic heterocycles. The maximum Gasteiger partial charge on any atom is 0.257 e. The number of benzene rings is 2. The first-order valence-electron chi connectivity index (χ1n) is 8.52. The minimum atomic E-state index is -3.75. The van der Waals surface area contributed by atoms with Crippen LogP contribution in [-0.2, 0) is 10.0 Å². The zero-order valence-electron chi connectivity index (χ0n) is 15.2. The van der Waals surface area contributed by atoms with Crippen LogP contribution in [0.2, 0.25) is 5.02 Å². The molecule has 0 saturated heterocycles. The van der Waals surface area contributed by atoms with Gasteiger partial charge in [-0.3, -0.25) is 9.52 Å². The van der Waals surface area contributed by atoms with Crippen molar-refractivity contribution < 1.29 is 17.6 Å². The maximum atomic E-state index is 14.8. The predicted octanol–water partition coefficient (Wildman–Crippen LogP) is 3.41. The van der Waals surface area contributed by atoms with Gasteiger partial charge in [-0.05, 0) is 30.7 Å². The van der Waals surface area contributed by atoms with Gasteiger partial charge in [0.25, 0.3) is 5.91 Å². The smallest absolute Gasteiger partial charge is 0.257 e. The van der Waals surface area contributed by atoms with Gasteiger partial charge in [-0.2, -0.15) is 0 Å². The molecule has 8 nitrogen and oxygen atoms in total. The van der Waals surface area contributed by atoms with Crippen LogP contribution < -0.4 is 15.8 Å². The van der Waals surface area contributed by atoms with E-state index in [4.69, 9.17) is 17.3 Å². The third-order valence-electron chi connectivity index (χ3n) is 3.96. The molecule has 0 atom stereocenters. The normalized spacial score (nSPS) is 11.4. The van der Waals surface area contributed by atoms with E-state index in [-0.39, 0.29) is 33.5 Å². The Morgan fingerprint density at radius 2 is 1.97 bits per heavy atom. The van der Waals surface area contributed by atoms with Crippen molar-refractivity contribution in [2.75, 3.05) is 21.5 Å². The molecular formula is C18H17ClFN5O3S.